The average Bonchev–Trinajstić information content (AvgIpc) is 3.38. The number of rotatable bonds is 4. The fraction of sp³-hybridized carbons (Fsp3) is 0.500. The number of carboxylic acid groups (broad SMARTS) is 1. The predicted octanol–water partition coefficient (Wildman–Crippen LogP) is 3.04. The number of nitrogens with two attached hydrogens (primary N) is 1. The molecule has 2 aliphatic rings. The largest absolute Gasteiger partial charge is 0.477 e. The van der Waals surface area contributed by atoms with Gasteiger partial charge in [0.05, 0.1) is 17.4 Å². The molecule has 6 nitrogen and oxygen atoms in total. The van der Waals surface area contributed by atoms with Crippen molar-refractivity contribution >= 4 is 17.2 Å². The van der Waals surface area contributed by atoms with Crippen molar-refractivity contribution in [1.82, 2.24) is 4.40 Å². The number of hydrogen-bond acceptors (Lipinski definition) is 4. The summed E-state index contributed by atoms with van der Waals surface area (Å²) in [6, 6.07) is -0.646. The lowest BCUT2D eigenvalue weighted by Gasteiger charge is -2.26. The number of aryl methyl sites for hydroxylation is 1. The Hall–Kier alpha value is -2.62. The zero-order valence-corrected chi connectivity index (χ0v) is 16.2. The zero-order chi connectivity index (χ0) is 22.0. The van der Waals surface area contributed by atoms with Gasteiger partial charge in [0.1, 0.15) is 11.6 Å². The van der Waals surface area contributed by atoms with Crippen LogP contribution in [0.1, 0.15) is 46.7 Å². The summed E-state index contributed by atoms with van der Waals surface area (Å²) in [6.07, 6.45) is -1.77. The Bertz CT molecular complexity index is 1090. The van der Waals surface area contributed by atoms with Crippen molar-refractivity contribution < 1.29 is 27.5 Å². The molecule has 2 aromatic heterocycles. The van der Waals surface area contributed by atoms with E-state index in [0.717, 1.165) is 23.4 Å². The third-order valence-corrected chi connectivity index (χ3v) is 6.12. The van der Waals surface area contributed by atoms with Gasteiger partial charge in [-0.05, 0) is 49.3 Å². The van der Waals surface area contributed by atoms with Crippen LogP contribution >= 0.6 is 0 Å². The molecule has 0 amide bonds. The molecule has 1 saturated carbocycles. The predicted molar refractivity (Wildman–Crippen MR) is 102 cm³/mol. The summed E-state index contributed by atoms with van der Waals surface area (Å²) >= 11 is 0. The summed E-state index contributed by atoms with van der Waals surface area (Å²) in [5.74, 6) is -2.96. The van der Waals surface area contributed by atoms with Crippen molar-refractivity contribution in [2.45, 2.75) is 44.3 Å². The minimum Gasteiger partial charge on any atom is -0.477 e. The van der Waals surface area contributed by atoms with Crippen LogP contribution in [0.5, 0.6) is 0 Å². The molecule has 2 atom stereocenters. The summed E-state index contributed by atoms with van der Waals surface area (Å²) < 4.78 is 55.0. The number of carboxylic acids is 1. The maximum Gasteiger partial charge on any atom is 0.403 e. The van der Waals surface area contributed by atoms with Crippen LogP contribution in [-0.2, 0) is 0 Å². The van der Waals surface area contributed by atoms with Crippen LogP contribution < -0.4 is 16.2 Å². The van der Waals surface area contributed by atoms with Gasteiger partial charge in [0.25, 0.3) is 5.56 Å². The third-order valence-electron chi connectivity index (χ3n) is 6.12. The van der Waals surface area contributed by atoms with Gasteiger partial charge in [0.15, 0.2) is 5.82 Å². The Labute approximate surface area is 168 Å². The molecule has 162 valence electrons. The molecular formula is C20H21F4N3O3. The van der Waals surface area contributed by atoms with Gasteiger partial charge in [-0.1, -0.05) is 0 Å². The van der Waals surface area contributed by atoms with E-state index in [4.69, 9.17) is 5.73 Å². The number of halogens is 4. The number of aromatic nitrogens is 1. The van der Waals surface area contributed by atoms with Crippen LogP contribution in [0.2, 0.25) is 0 Å². The van der Waals surface area contributed by atoms with E-state index in [1.54, 1.807) is 6.92 Å². The van der Waals surface area contributed by atoms with Crippen LogP contribution in [0, 0.1) is 18.7 Å². The van der Waals surface area contributed by atoms with Gasteiger partial charge in [0.2, 0.25) is 0 Å². The standard InChI is InChI=1S/C20H21F4N3O3/c1-9-15-12(10-2-3-10)6-13(19(29)30)18(28)27(15)8-14(21)16(9)26-5-4-11(7-26)17(25)20(22,23)24/h6,8,10-11,17H,2-5,7,25H2,1H3,(H,29,30)/t11-,17-/m1/s1. The highest BCUT2D eigenvalue weighted by Crippen LogP contribution is 2.44. The molecule has 30 heavy (non-hydrogen) atoms. The van der Waals surface area contributed by atoms with E-state index in [1.807, 2.05) is 0 Å². The van der Waals surface area contributed by atoms with E-state index in [2.05, 4.69) is 0 Å². The van der Waals surface area contributed by atoms with Gasteiger partial charge in [-0.15, -0.1) is 0 Å². The number of aromatic carboxylic acids is 1. The second-order valence-corrected chi connectivity index (χ2v) is 8.13. The molecule has 0 aromatic carbocycles. The highest BCUT2D eigenvalue weighted by molar-refractivity contribution is 5.89. The lowest BCUT2D eigenvalue weighted by molar-refractivity contribution is -0.157. The molecule has 0 radical (unpaired) electrons. The molecular weight excluding hydrogens is 406 g/mol. The van der Waals surface area contributed by atoms with Gasteiger partial charge >= 0.3 is 12.1 Å². The van der Waals surface area contributed by atoms with E-state index >= 15 is 4.39 Å². The zero-order valence-electron chi connectivity index (χ0n) is 16.2. The first-order chi connectivity index (χ1) is 14.0. The fourth-order valence-corrected chi connectivity index (χ4v) is 4.44. The van der Waals surface area contributed by atoms with Crippen molar-refractivity contribution in [1.29, 1.82) is 0 Å². The first kappa shape index (κ1) is 20.6. The maximum atomic E-state index is 15.1. The monoisotopic (exact) mass is 427 g/mol. The first-order valence-electron chi connectivity index (χ1n) is 9.69. The quantitative estimate of drug-likeness (QED) is 0.733. The minimum absolute atomic E-state index is 0.0508. The molecule has 3 heterocycles. The highest BCUT2D eigenvalue weighted by atomic mass is 19.4. The molecule has 1 aliphatic carbocycles. The number of fused-ring (bicyclic) bond motifs is 1. The van der Waals surface area contributed by atoms with Crippen LogP contribution in [0.3, 0.4) is 0 Å². The second kappa shape index (κ2) is 6.97. The number of alkyl halides is 3. The summed E-state index contributed by atoms with van der Waals surface area (Å²) in [6.45, 7) is 1.76. The molecule has 0 unspecified atom stereocenters. The molecule has 3 N–H and O–H groups in total. The number of carbonyl (C=O) groups is 1. The Kier molecular flexibility index (Phi) is 4.80. The summed E-state index contributed by atoms with van der Waals surface area (Å²) in [4.78, 5) is 25.6. The summed E-state index contributed by atoms with van der Waals surface area (Å²) in [5.41, 5.74) is 5.70. The maximum absolute atomic E-state index is 15.1. The third kappa shape index (κ3) is 3.32. The fourth-order valence-electron chi connectivity index (χ4n) is 4.44. The number of nitrogens with zero attached hydrogens (tertiary/aromatic N) is 2. The number of pyridine rings is 2. The van der Waals surface area contributed by atoms with E-state index in [-0.39, 0.29) is 31.1 Å². The van der Waals surface area contributed by atoms with Crippen molar-refractivity contribution in [2.75, 3.05) is 18.0 Å². The van der Waals surface area contributed by atoms with Gasteiger partial charge in [0, 0.05) is 19.0 Å². The Morgan fingerprint density at radius 3 is 2.53 bits per heavy atom. The summed E-state index contributed by atoms with van der Waals surface area (Å²) in [5, 5.41) is 9.35. The number of anilines is 1. The van der Waals surface area contributed by atoms with Crippen molar-refractivity contribution in [2.24, 2.45) is 11.7 Å². The van der Waals surface area contributed by atoms with E-state index in [9.17, 15) is 27.9 Å². The minimum atomic E-state index is -4.53. The van der Waals surface area contributed by atoms with Crippen molar-refractivity contribution in [3.8, 4) is 0 Å². The second-order valence-electron chi connectivity index (χ2n) is 8.13. The van der Waals surface area contributed by atoms with Gasteiger partial charge in [-0.2, -0.15) is 13.2 Å². The lowest BCUT2D eigenvalue weighted by Crippen LogP contribution is -2.44. The molecule has 0 spiro atoms. The van der Waals surface area contributed by atoms with Crippen molar-refractivity contribution in [3.63, 3.8) is 0 Å². The Morgan fingerprint density at radius 1 is 1.30 bits per heavy atom. The summed E-state index contributed by atoms with van der Waals surface area (Å²) in [7, 11) is 0. The SMILES string of the molecule is Cc1c(N2CC[C@@H]([C@@H](N)C(F)(F)F)C2)c(F)cn2c(=O)c(C(=O)O)cc(C3CC3)c12. The molecule has 0 bridgehead atoms. The van der Waals surface area contributed by atoms with E-state index < -0.39 is 41.0 Å². The molecule has 10 heteroatoms. The molecule has 4 rings (SSSR count). The van der Waals surface area contributed by atoms with Crippen LogP contribution in [0.25, 0.3) is 5.52 Å². The van der Waals surface area contributed by atoms with Gasteiger partial charge < -0.3 is 15.7 Å². The first-order valence-corrected chi connectivity index (χ1v) is 9.69. The highest BCUT2D eigenvalue weighted by Gasteiger charge is 2.44. The normalized spacial score (nSPS) is 20.7. The molecule has 2 fully saturated rings. The molecule has 1 aliphatic heterocycles. The lowest BCUT2D eigenvalue weighted by atomic mass is 9.99. The average molecular weight is 427 g/mol. The van der Waals surface area contributed by atoms with E-state index in [0.29, 0.717) is 16.6 Å². The van der Waals surface area contributed by atoms with Crippen molar-refractivity contribution in [3.05, 3.63) is 45.1 Å². The number of hydrogen-bond donors (Lipinski definition) is 2. The molecule has 2 aromatic rings. The van der Waals surface area contributed by atoms with Gasteiger partial charge in [-0.25, -0.2) is 9.18 Å². The van der Waals surface area contributed by atoms with Crippen LogP contribution in [-0.4, -0.2) is 40.8 Å². The van der Waals surface area contributed by atoms with Crippen LogP contribution in [0.4, 0.5) is 23.2 Å². The molecule has 1 saturated heterocycles. The topological polar surface area (TPSA) is 88.0 Å². The van der Waals surface area contributed by atoms with Crippen LogP contribution in [0.15, 0.2) is 17.1 Å². The Balaban J connectivity index is 1.83. The van der Waals surface area contributed by atoms with Gasteiger partial charge in [-0.3, -0.25) is 9.20 Å². The van der Waals surface area contributed by atoms with E-state index in [1.165, 1.54) is 11.0 Å². The smallest absolute Gasteiger partial charge is 0.403 e. The Morgan fingerprint density at radius 2 is 1.97 bits per heavy atom.